The third kappa shape index (κ3) is 2.51. The van der Waals surface area contributed by atoms with Crippen molar-refractivity contribution in [2.24, 2.45) is 5.41 Å². The molecule has 2 rings (SSSR count). The summed E-state index contributed by atoms with van der Waals surface area (Å²) >= 11 is 0. The van der Waals surface area contributed by atoms with E-state index in [0.29, 0.717) is 6.04 Å². The van der Waals surface area contributed by atoms with Gasteiger partial charge in [0.05, 0.1) is 7.11 Å². The molecular formula is C17H27NO2. The molecule has 3 heteroatoms. The molecule has 1 aromatic rings. The fraction of sp³-hybridized carbons (Fsp3) is 0.647. The summed E-state index contributed by atoms with van der Waals surface area (Å²) in [7, 11) is 1.69. The quantitative estimate of drug-likeness (QED) is 0.825. The molecule has 0 aliphatic heterocycles. The van der Waals surface area contributed by atoms with Gasteiger partial charge in [0.25, 0.3) is 0 Å². The van der Waals surface area contributed by atoms with Gasteiger partial charge in [-0.3, -0.25) is 0 Å². The Kier molecular flexibility index (Phi) is 4.92. The van der Waals surface area contributed by atoms with Gasteiger partial charge >= 0.3 is 0 Å². The second-order valence-electron chi connectivity index (χ2n) is 5.54. The van der Waals surface area contributed by atoms with E-state index in [-0.39, 0.29) is 11.5 Å². The van der Waals surface area contributed by atoms with Crippen LogP contribution < -0.4 is 14.8 Å². The molecule has 1 aliphatic carbocycles. The number of hydrogen-bond acceptors (Lipinski definition) is 3. The fourth-order valence-corrected chi connectivity index (χ4v) is 3.51. The Morgan fingerprint density at radius 3 is 2.35 bits per heavy atom. The largest absolute Gasteiger partial charge is 0.493 e. The Morgan fingerprint density at radius 1 is 1.15 bits per heavy atom. The number of hydrogen-bond donors (Lipinski definition) is 1. The molecule has 0 amide bonds. The first kappa shape index (κ1) is 15.2. The molecule has 0 saturated heterocycles. The van der Waals surface area contributed by atoms with Crippen molar-refractivity contribution in [3.8, 4) is 11.5 Å². The van der Waals surface area contributed by atoms with Gasteiger partial charge in [-0.15, -0.1) is 0 Å². The minimum atomic E-state index is 0.247. The Balaban J connectivity index is 2.13. The standard InChI is InChI=1S/C17H27NO2/c1-5-17(6-2)15(18-7-3)12-16(17)20-14-11-9-8-10-13(14)19-4/h8-11,15-16,18H,5-7,12H2,1-4H3. The lowest BCUT2D eigenvalue weighted by Crippen LogP contribution is -2.64. The van der Waals surface area contributed by atoms with Crippen LogP contribution in [0.4, 0.5) is 0 Å². The predicted octanol–water partition coefficient (Wildman–Crippen LogP) is 3.63. The van der Waals surface area contributed by atoms with Crippen LogP contribution in [0.1, 0.15) is 40.0 Å². The molecule has 0 bridgehead atoms. The SMILES string of the molecule is CCNC1CC(Oc2ccccc2OC)C1(CC)CC. The van der Waals surface area contributed by atoms with Crippen LogP contribution in [-0.2, 0) is 0 Å². The molecule has 1 N–H and O–H groups in total. The average Bonchev–Trinajstić information content (AvgIpc) is 2.48. The number of methoxy groups -OCH3 is 1. The van der Waals surface area contributed by atoms with E-state index in [9.17, 15) is 0 Å². The minimum absolute atomic E-state index is 0.247. The summed E-state index contributed by atoms with van der Waals surface area (Å²) in [5, 5.41) is 3.61. The van der Waals surface area contributed by atoms with Gasteiger partial charge < -0.3 is 14.8 Å². The second kappa shape index (κ2) is 6.49. The highest BCUT2D eigenvalue weighted by Crippen LogP contribution is 2.49. The lowest BCUT2D eigenvalue weighted by molar-refractivity contribution is -0.0861. The van der Waals surface area contributed by atoms with Crippen LogP contribution in [0, 0.1) is 5.41 Å². The maximum atomic E-state index is 6.28. The van der Waals surface area contributed by atoms with E-state index >= 15 is 0 Å². The first-order valence-electron chi connectivity index (χ1n) is 7.74. The van der Waals surface area contributed by atoms with Gasteiger partial charge in [0, 0.05) is 17.9 Å². The number of para-hydroxylation sites is 2. The van der Waals surface area contributed by atoms with Crippen molar-refractivity contribution in [1.82, 2.24) is 5.32 Å². The normalized spacial score (nSPS) is 24.0. The molecule has 3 nitrogen and oxygen atoms in total. The number of rotatable bonds is 7. The van der Waals surface area contributed by atoms with Gasteiger partial charge in [-0.25, -0.2) is 0 Å². The van der Waals surface area contributed by atoms with Gasteiger partial charge in [0.1, 0.15) is 6.10 Å². The van der Waals surface area contributed by atoms with Crippen molar-refractivity contribution in [3.63, 3.8) is 0 Å². The highest BCUT2D eigenvalue weighted by atomic mass is 16.5. The second-order valence-corrected chi connectivity index (χ2v) is 5.54. The Bertz CT molecular complexity index is 429. The average molecular weight is 277 g/mol. The zero-order chi connectivity index (χ0) is 14.6. The molecule has 2 atom stereocenters. The van der Waals surface area contributed by atoms with Gasteiger partial charge in [-0.1, -0.05) is 32.9 Å². The molecule has 0 spiro atoms. The fourth-order valence-electron chi connectivity index (χ4n) is 3.51. The van der Waals surface area contributed by atoms with E-state index < -0.39 is 0 Å². The molecule has 1 aliphatic rings. The highest BCUT2D eigenvalue weighted by Gasteiger charge is 2.54. The van der Waals surface area contributed by atoms with Crippen molar-refractivity contribution in [1.29, 1.82) is 0 Å². The van der Waals surface area contributed by atoms with Crippen LogP contribution in [0.25, 0.3) is 0 Å². The van der Waals surface area contributed by atoms with E-state index in [1.54, 1.807) is 7.11 Å². The molecule has 2 unspecified atom stereocenters. The maximum Gasteiger partial charge on any atom is 0.161 e. The summed E-state index contributed by atoms with van der Waals surface area (Å²) in [6.45, 7) is 7.73. The van der Waals surface area contributed by atoms with Crippen molar-refractivity contribution < 1.29 is 9.47 Å². The molecule has 1 aromatic carbocycles. The van der Waals surface area contributed by atoms with E-state index in [1.807, 2.05) is 24.3 Å². The molecular weight excluding hydrogens is 250 g/mol. The number of benzene rings is 1. The summed E-state index contributed by atoms with van der Waals surface area (Å²) in [5.41, 5.74) is 0.247. The van der Waals surface area contributed by atoms with Crippen LogP contribution in [-0.4, -0.2) is 25.8 Å². The van der Waals surface area contributed by atoms with Crippen LogP contribution in [0.15, 0.2) is 24.3 Å². The van der Waals surface area contributed by atoms with Crippen molar-refractivity contribution in [2.75, 3.05) is 13.7 Å². The van der Waals surface area contributed by atoms with E-state index in [4.69, 9.17) is 9.47 Å². The zero-order valence-electron chi connectivity index (χ0n) is 13.1. The van der Waals surface area contributed by atoms with Crippen LogP contribution in [0.2, 0.25) is 0 Å². The Morgan fingerprint density at radius 2 is 1.80 bits per heavy atom. The van der Waals surface area contributed by atoms with Gasteiger partial charge in [0.2, 0.25) is 0 Å². The minimum Gasteiger partial charge on any atom is -0.493 e. The molecule has 0 aromatic heterocycles. The van der Waals surface area contributed by atoms with Crippen molar-refractivity contribution in [3.05, 3.63) is 24.3 Å². The molecule has 0 radical (unpaired) electrons. The van der Waals surface area contributed by atoms with Gasteiger partial charge in [0.15, 0.2) is 11.5 Å². The Hall–Kier alpha value is -1.22. The first-order valence-corrected chi connectivity index (χ1v) is 7.74. The molecule has 0 heterocycles. The van der Waals surface area contributed by atoms with Crippen LogP contribution in [0.5, 0.6) is 11.5 Å². The lowest BCUT2D eigenvalue weighted by atomic mass is 9.58. The predicted molar refractivity (Wildman–Crippen MR) is 82.5 cm³/mol. The molecule has 112 valence electrons. The van der Waals surface area contributed by atoms with Crippen molar-refractivity contribution >= 4 is 0 Å². The third-order valence-corrected chi connectivity index (χ3v) is 4.89. The summed E-state index contributed by atoms with van der Waals surface area (Å²) in [4.78, 5) is 0. The first-order chi connectivity index (χ1) is 9.71. The summed E-state index contributed by atoms with van der Waals surface area (Å²) in [6.07, 6.45) is 3.63. The molecule has 20 heavy (non-hydrogen) atoms. The van der Waals surface area contributed by atoms with Gasteiger partial charge in [-0.05, 0) is 31.5 Å². The third-order valence-electron chi connectivity index (χ3n) is 4.89. The smallest absolute Gasteiger partial charge is 0.161 e. The molecule has 1 fully saturated rings. The topological polar surface area (TPSA) is 30.5 Å². The summed E-state index contributed by atoms with van der Waals surface area (Å²) < 4.78 is 11.7. The summed E-state index contributed by atoms with van der Waals surface area (Å²) in [6, 6.07) is 8.49. The van der Waals surface area contributed by atoms with Crippen molar-refractivity contribution in [2.45, 2.75) is 52.2 Å². The van der Waals surface area contributed by atoms with E-state index in [1.165, 1.54) is 0 Å². The number of ether oxygens (including phenoxy) is 2. The van der Waals surface area contributed by atoms with E-state index in [0.717, 1.165) is 37.3 Å². The van der Waals surface area contributed by atoms with Crippen LogP contribution in [0.3, 0.4) is 0 Å². The van der Waals surface area contributed by atoms with E-state index in [2.05, 4.69) is 26.1 Å². The van der Waals surface area contributed by atoms with Gasteiger partial charge in [-0.2, -0.15) is 0 Å². The zero-order valence-corrected chi connectivity index (χ0v) is 13.1. The number of nitrogens with one attached hydrogen (secondary N) is 1. The summed E-state index contributed by atoms with van der Waals surface area (Å²) in [5.74, 6) is 1.68. The maximum absolute atomic E-state index is 6.28. The monoisotopic (exact) mass is 277 g/mol. The van der Waals surface area contributed by atoms with Crippen LogP contribution >= 0.6 is 0 Å². The lowest BCUT2D eigenvalue weighted by Gasteiger charge is -2.55. The molecule has 1 saturated carbocycles. The Labute approximate surface area is 122 Å². The highest BCUT2D eigenvalue weighted by molar-refractivity contribution is 5.40.